The number of carbonyl (C=O) groups is 1. The summed E-state index contributed by atoms with van der Waals surface area (Å²) in [6.07, 6.45) is 5.87. The highest BCUT2D eigenvalue weighted by atomic mass is 19.1. The number of rotatable bonds is 4. The van der Waals surface area contributed by atoms with Gasteiger partial charge in [0.05, 0.1) is 36.4 Å². The van der Waals surface area contributed by atoms with Crippen LogP contribution in [0, 0.1) is 11.6 Å². The average molecular weight is 400 g/mol. The molecule has 0 bridgehead atoms. The number of aromatic nitrogens is 5. The fourth-order valence-electron chi connectivity index (χ4n) is 3.43. The van der Waals surface area contributed by atoms with E-state index in [0.29, 0.717) is 19.4 Å². The van der Waals surface area contributed by atoms with Gasteiger partial charge in [0, 0.05) is 6.54 Å². The van der Waals surface area contributed by atoms with Crippen molar-refractivity contribution in [2.75, 3.05) is 6.54 Å². The van der Waals surface area contributed by atoms with Crippen LogP contribution in [0.2, 0.25) is 0 Å². The monoisotopic (exact) mass is 400 g/mol. The predicted molar refractivity (Wildman–Crippen MR) is 97.5 cm³/mol. The van der Waals surface area contributed by atoms with Crippen molar-refractivity contribution in [1.29, 1.82) is 0 Å². The SMILES string of the molecule is C[C@H]1[C@H](Oc2ncc(F)cn2)CCCN1C(=O)c1cccc(F)c1-n1nccn1. The van der Waals surface area contributed by atoms with Crippen LogP contribution >= 0.6 is 0 Å². The Morgan fingerprint density at radius 3 is 2.62 bits per heavy atom. The van der Waals surface area contributed by atoms with E-state index in [1.54, 1.807) is 11.0 Å². The highest BCUT2D eigenvalue weighted by Crippen LogP contribution is 2.26. The number of likely N-dealkylation sites (tertiary alicyclic amines) is 1. The molecule has 3 heterocycles. The van der Waals surface area contributed by atoms with E-state index in [-0.39, 0.29) is 35.3 Å². The van der Waals surface area contributed by atoms with Gasteiger partial charge in [0.25, 0.3) is 5.91 Å². The van der Waals surface area contributed by atoms with Gasteiger partial charge in [-0.25, -0.2) is 18.7 Å². The Labute approximate surface area is 165 Å². The second-order valence-electron chi connectivity index (χ2n) is 6.68. The van der Waals surface area contributed by atoms with Gasteiger partial charge in [-0.1, -0.05) is 6.07 Å². The summed E-state index contributed by atoms with van der Waals surface area (Å²) in [4.78, 5) is 23.6. The third kappa shape index (κ3) is 3.78. The first-order valence-corrected chi connectivity index (χ1v) is 9.15. The van der Waals surface area contributed by atoms with Crippen LogP contribution in [-0.4, -0.2) is 54.5 Å². The highest BCUT2D eigenvalue weighted by molar-refractivity contribution is 5.98. The zero-order chi connectivity index (χ0) is 20.4. The van der Waals surface area contributed by atoms with Crippen molar-refractivity contribution >= 4 is 5.91 Å². The average Bonchev–Trinajstić information content (AvgIpc) is 3.25. The largest absolute Gasteiger partial charge is 0.458 e. The molecule has 0 unspecified atom stereocenters. The maximum atomic E-state index is 14.5. The summed E-state index contributed by atoms with van der Waals surface area (Å²) in [5.74, 6) is -1.50. The molecule has 3 aromatic rings. The molecule has 0 N–H and O–H groups in total. The van der Waals surface area contributed by atoms with Crippen molar-refractivity contribution in [2.45, 2.75) is 31.9 Å². The summed E-state index contributed by atoms with van der Waals surface area (Å²) < 4.78 is 33.3. The smallest absolute Gasteiger partial charge is 0.316 e. The van der Waals surface area contributed by atoms with E-state index in [1.165, 1.54) is 24.5 Å². The molecule has 2 aromatic heterocycles. The second-order valence-corrected chi connectivity index (χ2v) is 6.68. The molecule has 1 aliphatic rings. The zero-order valence-electron chi connectivity index (χ0n) is 15.6. The van der Waals surface area contributed by atoms with E-state index >= 15 is 0 Å². The second kappa shape index (κ2) is 7.90. The number of ether oxygens (including phenoxy) is 1. The van der Waals surface area contributed by atoms with Gasteiger partial charge in [-0.2, -0.15) is 10.2 Å². The molecule has 0 spiro atoms. The number of hydrogen-bond acceptors (Lipinski definition) is 6. The summed E-state index contributed by atoms with van der Waals surface area (Å²) in [6, 6.07) is 4.00. The molecular weight excluding hydrogens is 382 g/mol. The Balaban J connectivity index is 1.59. The van der Waals surface area contributed by atoms with Crippen molar-refractivity contribution in [3.63, 3.8) is 0 Å². The summed E-state index contributed by atoms with van der Waals surface area (Å²) in [6.45, 7) is 2.34. The van der Waals surface area contributed by atoms with Crippen molar-refractivity contribution < 1.29 is 18.3 Å². The molecule has 1 aliphatic heterocycles. The quantitative estimate of drug-likeness (QED) is 0.669. The molecule has 10 heteroatoms. The molecule has 2 atom stereocenters. The summed E-state index contributed by atoms with van der Waals surface area (Å²) in [5, 5.41) is 7.91. The Kier molecular flexibility index (Phi) is 5.15. The standard InChI is InChI=1S/C19H18F2N6O2/c1-12-16(29-19-22-10-13(20)11-23-19)6-3-9-26(12)18(28)14-4-2-5-15(21)17(14)27-24-7-8-25-27/h2,4-5,7-8,10-12,16H,3,6,9H2,1H3/t12-,16+/m0/s1. The Bertz CT molecular complexity index is 996. The van der Waals surface area contributed by atoms with E-state index in [2.05, 4.69) is 20.2 Å². The lowest BCUT2D eigenvalue weighted by molar-refractivity contribution is 0.0247. The topological polar surface area (TPSA) is 86.0 Å². The number of piperidine rings is 1. The van der Waals surface area contributed by atoms with Gasteiger partial charge in [0.15, 0.2) is 11.6 Å². The van der Waals surface area contributed by atoms with Crippen molar-refractivity contribution in [3.05, 3.63) is 60.2 Å². The number of carbonyl (C=O) groups excluding carboxylic acids is 1. The molecule has 0 radical (unpaired) electrons. The van der Waals surface area contributed by atoms with E-state index < -0.39 is 11.6 Å². The molecule has 29 heavy (non-hydrogen) atoms. The third-order valence-electron chi connectivity index (χ3n) is 4.87. The van der Waals surface area contributed by atoms with Crippen LogP contribution in [0.1, 0.15) is 30.1 Å². The summed E-state index contributed by atoms with van der Waals surface area (Å²) >= 11 is 0. The molecule has 1 aromatic carbocycles. The molecule has 1 amide bonds. The molecule has 0 aliphatic carbocycles. The van der Waals surface area contributed by atoms with E-state index in [1.807, 2.05) is 6.92 Å². The van der Waals surface area contributed by atoms with E-state index in [4.69, 9.17) is 4.74 Å². The van der Waals surface area contributed by atoms with Crippen LogP contribution in [0.3, 0.4) is 0 Å². The zero-order valence-corrected chi connectivity index (χ0v) is 15.6. The predicted octanol–water partition coefficient (Wildman–Crippen LogP) is 2.41. The summed E-state index contributed by atoms with van der Waals surface area (Å²) in [5.41, 5.74) is 0.159. The van der Waals surface area contributed by atoms with Gasteiger partial charge in [-0.15, -0.1) is 4.80 Å². The number of hydrogen-bond donors (Lipinski definition) is 0. The Morgan fingerprint density at radius 2 is 1.90 bits per heavy atom. The summed E-state index contributed by atoms with van der Waals surface area (Å²) in [7, 11) is 0. The van der Waals surface area contributed by atoms with E-state index in [9.17, 15) is 13.6 Å². The maximum Gasteiger partial charge on any atom is 0.316 e. The normalized spacial score (nSPS) is 19.2. The van der Waals surface area contributed by atoms with Crippen LogP contribution in [0.25, 0.3) is 5.69 Å². The minimum Gasteiger partial charge on any atom is -0.458 e. The number of halogens is 2. The van der Waals surface area contributed by atoms with Crippen LogP contribution in [0.15, 0.2) is 43.0 Å². The third-order valence-corrected chi connectivity index (χ3v) is 4.87. The van der Waals surface area contributed by atoms with Gasteiger partial charge >= 0.3 is 6.01 Å². The molecule has 1 fully saturated rings. The lowest BCUT2D eigenvalue weighted by Crippen LogP contribution is -2.51. The molecule has 4 rings (SSSR count). The highest BCUT2D eigenvalue weighted by Gasteiger charge is 2.35. The van der Waals surface area contributed by atoms with E-state index in [0.717, 1.165) is 17.2 Å². The first-order chi connectivity index (χ1) is 14.0. The van der Waals surface area contributed by atoms with Crippen molar-refractivity contribution in [1.82, 2.24) is 29.9 Å². The fourth-order valence-corrected chi connectivity index (χ4v) is 3.43. The maximum absolute atomic E-state index is 14.5. The van der Waals surface area contributed by atoms with Crippen molar-refractivity contribution in [3.8, 4) is 11.7 Å². The number of benzene rings is 1. The molecule has 150 valence electrons. The Hall–Kier alpha value is -3.43. The van der Waals surface area contributed by atoms with Gasteiger partial charge in [-0.05, 0) is 31.9 Å². The lowest BCUT2D eigenvalue weighted by Gasteiger charge is -2.39. The molecule has 8 nitrogen and oxygen atoms in total. The fraction of sp³-hybridized carbons (Fsp3) is 0.316. The minimum atomic E-state index is -0.593. The number of nitrogens with zero attached hydrogens (tertiary/aromatic N) is 6. The molecular formula is C19H18F2N6O2. The van der Waals surface area contributed by atoms with Gasteiger partial charge in [-0.3, -0.25) is 4.79 Å². The number of amides is 1. The van der Waals surface area contributed by atoms with Crippen molar-refractivity contribution in [2.24, 2.45) is 0 Å². The number of para-hydroxylation sites is 1. The Morgan fingerprint density at radius 1 is 1.17 bits per heavy atom. The van der Waals surface area contributed by atoms with Crippen LogP contribution < -0.4 is 4.74 Å². The first-order valence-electron chi connectivity index (χ1n) is 9.15. The first kappa shape index (κ1) is 18.9. The van der Waals surface area contributed by atoms with Gasteiger partial charge < -0.3 is 9.64 Å². The van der Waals surface area contributed by atoms with Gasteiger partial charge in [0.1, 0.15) is 11.8 Å². The van der Waals surface area contributed by atoms with Crippen LogP contribution in [0.4, 0.5) is 8.78 Å². The van der Waals surface area contributed by atoms with Crippen LogP contribution in [-0.2, 0) is 0 Å². The van der Waals surface area contributed by atoms with Gasteiger partial charge in [0.2, 0.25) is 0 Å². The molecule has 0 saturated carbocycles. The minimum absolute atomic E-state index is 0.000361. The molecule has 1 saturated heterocycles. The van der Waals surface area contributed by atoms with Crippen LogP contribution in [0.5, 0.6) is 6.01 Å². The lowest BCUT2D eigenvalue weighted by atomic mass is 9.98.